The second kappa shape index (κ2) is 7.15. The molecule has 0 radical (unpaired) electrons. The van der Waals surface area contributed by atoms with Crippen LogP contribution in [-0.4, -0.2) is 36.3 Å². The third-order valence-corrected chi connectivity index (χ3v) is 4.88. The SMILES string of the molecule is COc1cc2ncnc(Nc3ccc(Cl)c(Cl)c3)c2cc1OC1CNC1. The first-order valence-electron chi connectivity index (χ1n) is 8.06. The van der Waals surface area contributed by atoms with Crippen LogP contribution in [0.5, 0.6) is 11.5 Å². The smallest absolute Gasteiger partial charge is 0.162 e. The van der Waals surface area contributed by atoms with Crippen molar-refractivity contribution in [2.75, 3.05) is 25.5 Å². The highest BCUT2D eigenvalue weighted by atomic mass is 35.5. The molecule has 2 aromatic carbocycles. The van der Waals surface area contributed by atoms with E-state index in [1.54, 1.807) is 19.2 Å². The Morgan fingerprint density at radius 1 is 1.08 bits per heavy atom. The summed E-state index contributed by atoms with van der Waals surface area (Å²) in [4.78, 5) is 8.69. The van der Waals surface area contributed by atoms with Gasteiger partial charge in [-0.3, -0.25) is 0 Å². The van der Waals surface area contributed by atoms with Crippen LogP contribution in [0, 0.1) is 0 Å². The molecular formula is C18H16Cl2N4O2. The van der Waals surface area contributed by atoms with Crippen LogP contribution in [0.15, 0.2) is 36.7 Å². The monoisotopic (exact) mass is 390 g/mol. The van der Waals surface area contributed by atoms with Gasteiger partial charge in [0.2, 0.25) is 0 Å². The molecule has 1 fully saturated rings. The van der Waals surface area contributed by atoms with E-state index in [4.69, 9.17) is 32.7 Å². The van der Waals surface area contributed by atoms with Gasteiger partial charge in [-0.2, -0.15) is 0 Å². The summed E-state index contributed by atoms with van der Waals surface area (Å²) in [5.74, 6) is 1.95. The molecule has 1 saturated heterocycles. The molecule has 8 heteroatoms. The summed E-state index contributed by atoms with van der Waals surface area (Å²) in [7, 11) is 1.61. The Kier molecular flexibility index (Phi) is 4.72. The average Bonchev–Trinajstić information content (AvgIpc) is 2.61. The number of ether oxygens (including phenoxy) is 2. The maximum absolute atomic E-state index is 6.10. The van der Waals surface area contributed by atoms with E-state index in [1.165, 1.54) is 6.33 Å². The van der Waals surface area contributed by atoms with Crippen LogP contribution in [0.1, 0.15) is 0 Å². The van der Waals surface area contributed by atoms with Crippen LogP contribution in [-0.2, 0) is 0 Å². The highest BCUT2D eigenvalue weighted by Gasteiger charge is 2.21. The number of rotatable bonds is 5. The second-order valence-corrected chi connectivity index (χ2v) is 6.71. The molecule has 1 aliphatic heterocycles. The fourth-order valence-corrected chi connectivity index (χ4v) is 2.95. The van der Waals surface area contributed by atoms with Crippen molar-refractivity contribution in [3.63, 3.8) is 0 Å². The van der Waals surface area contributed by atoms with Crippen molar-refractivity contribution in [3.05, 3.63) is 46.7 Å². The second-order valence-electron chi connectivity index (χ2n) is 5.89. The fourth-order valence-electron chi connectivity index (χ4n) is 2.65. The lowest BCUT2D eigenvalue weighted by molar-refractivity contribution is 0.137. The van der Waals surface area contributed by atoms with E-state index in [0.29, 0.717) is 27.4 Å². The van der Waals surface area contributed by atoms with Crippen molar-refractivity contribution in [1.29, 1.82) is 0 Å². The van der Waals surface area contributed by atoms with E-state index >= 15 is 0 Å². The first-order chi connectivity index (χ1) is 12.6. The van der Waals surface area contributed by atoms with Gasteiger partial charge in [0.15, 0.2) is 11.5 Å². The molecule has 0 unspecified atom stereocenters. The summed E-state index contributed by atoms with van der Waals surface area (Å²) in [6.07, 6.45) is 1.63. The number of methoxy groups -OCH3 is 1. The van der Waals surface area contributed by atoms with E-state index in [1.807, 2.05) is 18.2 Å². The number of halogens is 2. The standard InChI is InChI=1S/C18H16Cl2N4O2/c1-25-16-6-15-12(5-17(16)26-11-7-21-8-11)18(23-9-22-15)24-10-2-3-13(19)14(20)4-10/h2-6,9,11,21H,7-8H2,1H3,(H,22,23,24). The van der Waals surface area contributed by atoms with Crippen molar-refractivity contribution in [2.45, 2.75) is 6.10 Å². The van der Waals surface area contributed by atoms with E-state index in [2.05, 4.69) is 20.6 Å². The van der Waals surface area contributed by atoms with Gasteiger partial charge < -0.3 is 20.1 Å². The van der Waals surface area contributed by atoms with Gasteiger partial charge in [0.25, 0.3) is 0 Å². The molecule has 6 nitrogen and oxygen atoms in total. The minimum atomic E-state index is 0.137. The molecule has 2 heterocycles. The lowest BCUT2D eigenvalue weighted by atomic mass is 10.2. The zero-order valence-corrected chi connectivity index (χ0v) is 15.4. The highest BCUT2D eigenvalue weighted by Crippen LogP contribution is 2.36. The first kappa shape index (κ1) is 17.1. The number of aromatic nitrogens is 2. The predicted octanol–water partition coefficient (Wildman–Crippen LogP) is 4.04. The van der Waals surface area contributed by atoms with Crippen molar-refractivity contribution in [2.24, 2.45) is 0 Å². The summed E-state index contributed by atoms with van der Waals surface area (Å²) >= 11 is 12.1. The van der Waals surface area contributed by atoms with Crippen LogP contribution >= 0.6 is 23.2 Å². The normalized spacial score (nSPS) is 14.1. The molecule has 0 amide bonds. The van der Waals surface area contributed by atoms with Crippen LogP contribution in [0.25, 0.3) is 10.9 Å². The zero-order chi connectivity index (χ0) is 18.1. The van der Waals surface area contributed by atoms with E-state index in [0.717, 1.165) is 29.7 Å². The van der Waals surface area contributed by atoms with Crippen LogP contribution in [0.2, 0.25) is 10.0 Å². The molecule has 0 spiro atoms. The number of nitrogens with zero attached hydrogens (tertiary/aromatic N) is 2. The van der Waals surface area contributed by atoms with Crippen LogP contribution in [0.3, 0.4) is 0 Å². The third-order valence-electron chi connectivity index (χ3n) is 4.14. The van der Waals surface area contributed by atoms with Gasteiger partial charge in [-0.1, -0.05) is 23.2 Å². The summed E-state index contributed by atoms with van der Waals surface area (Å²) in [6.45, 7) is 1.64. The number of anilines is 2. The molecule has 0 bridgehead atoms. The molecule has 3 aromatic rings. The Balaban J connectivity index is 1.73. The Morgan fingerprint density at radius 3 is 2.62 bits per heavy atom. The molecule has 26 heavy (non-hydrogen) atoms. The lowest BCUT2D eigenvalue weighted by Gasteiger charge is -2.28. The van der Waals surface area contributed by atoms with Crippen LogP contribution < -0.4 is 20.1 Å². The third kappa shape index (κ3) is 3.35. The molecular weight excluding hydrogens is 375 g/mol. The summed E-state index contributed by atoms with van der Waals surface area (Å²) in [6, 6.07) is 9.06. The molecule has 0 saturated carbocycles. The topological polar surface area (TPSA) is 68.3 Å². The minimum Gasteiger partial charge on any atom is -0.493 e. The number of nitrogens with one attached hydrogen (secondary N) is 2. The van der Waals surface area contributed by atoms with Gasteiger partial charge in [-0.05, 0) is 24.3 Å². The largest absolute Gasteiger partial charge is 0.493 e. The Bertz CT molecular complexity index is 963. The van der Waals surface area contributed by atoms with Crippen molar-refractivity contribution in [3.8, 4) is 11.5 Å². The van der Waals surface area contributed by atoms with Crippen molar-refractivity contribution in [1.82, 2.24) is 15.3 Å². The summed E-state index contributed by atoms with van der Waals surface area (Å²) < 4.78 is 11.5. The molecule has 2 N–H and O–H groups in total. The van der Waals surface area contributed by atoms with E-state index < -0.39 is 0 Å². The Hall–Kier alpha value is -2.28. The van der Waals surface area contributed by atoms with E-state index in [9.17, 15) is 0 Å². The Morgan fingerprint density at radius 2 is 1.92 bits per heavy atom. The van der Waals surface area contributed by atoms with Crippen molar-refractivity contribution < 1.29 is 9.47 Å². The summed E-state index contributed by atoms with van der Waals surface area (Å²) in [5.41, 5.74) is 1.53. The molecule has 0 atom stereocenters. The number of fused-ring (bicyclic) bond motifs is 1. The fraction of sp³-hybridized carbons (Fsp3) is 0.222. The molecule has 1 aliphatic rings. The predicted molar refractivity (Wildman–Crippen MR) is 103 cm³/mol. The summed E-state index contributed by atoms with van der Waals surface area (Å²) in [5, 5.41) is 8.23. The number of benzene rings is 2. The molecule has 4 rings (SSSR count). The number of hydrogen-bond donors (Lipinski definition) is 2. The maximum Gasteiger partial charge on any atom is 0.162 e. The highest BCUT2D eigenvalue weighted by molar-refractivity contribution is 6.42. The maximum atomic E-state index is 6.10. The van der Waals surface area contributed by atoms with Crippen molar-refractivity contribution >= 4 is 45.6 Å². The van der Waals surface area contributed by atoms with E-state index in [-0.39, 0.29) is 6.10 Å². The lowest BCUT2D eigenvalue weighted by Crippen LogP contribution is -2.50. The average molecular weight is 391 g/mol. The molecule has 1 aromatic heterocycles. The van der Waals surface area contributed by atoms with Gasteiger partial charge in [0, 0.05) is 30.2 Å². The Labute approximate surface area is 160 Å². The first-order valence-corrected chi connectivity index (χ1v) is 8.82. The molecule has 134 valence electrons. The minimum absolute atomic E-state index is 0.137. The number of hydrogen-bond acceptors (Lipinski definition) is 6. The van der Waals surface area contributed by atoms with Gasteiger partial charge in [0.05, 0.1) is 22.7 Å². The molecule has 0 aliphatic carbocycles. The van der Waals surface area contributed by atoms with Gasteiger partial charge in [-0.25, -0.2) is 9.97 Å². The van der Waals surface area contributed by atoms with Gasteiger partial charge in [-0.15, -0.1) is 0 Å². The van der Waals surface area contributed by atoms with Gasteiger partial charge in [0.1, 0.15) is 18.2 Å². The van der Waals surface area contributed by atoms with Crippen LogP contribution in [0.4, 0.5) is 11.5 Å². The zero-order valence-electron chi connectivity index (χ0n) is 13.9. The van der Waals surface area contributed by atoms with Gasteiger partial charge >= 0.3 is 0 Å². The quantitative estimate of drug-likeness (QED) is 0.684.